The summed E-state index contributed by atoms with van der Waals surface area (Å²) in [6, 6.07) is 14.4. The van der Waals surface area contributed by atoms with Crippen molar-refractivity contribution in [1.29, 1.82) is 0 Å². The summed E-state index contributed by atoms with van der Waals surface area (Å²) in [5.41, 5.74) is 2.96. The van der Waals surface area contributed by atoms with Crippen LogP contribution in [0.4, 0.5) is 21.6 Å². The molecule has 0 saturated carbocycles. The molecule has 0 aliphatic heterocycles. The van der Waals surface area contributed by atoms with Gasteiger partial charge < -0.3 is 10.6 Å². The van der Waals surface area contributed by atoms with Crippen molar-refractivity contribution >= 4 is 34.7 Å². The first-order valence-electron chi connectivity index (χ1n) is 7.58. The average Bonchev–Trinajstić information content (AvgIpc) is 2.61. The minimum absolute atomic E-state index is 0.348. The molecule has 3 rings (SSSR count). The number of halogens is 2. The summed E-state index contributed by atoms with van der Waals surface area (Å²) < 4.78 is 12.9. The van der Waals surface area contributed by atoms with E-state index in [-0.39, 0.29) is 11.7 Å². The summed E-state index contributed by atoms with van der Waals surface area (Å²) in [7, 11) is 0. The van der Waals surface area contributed by atoms with Crippen molar-refractivity contribution < 1.29 is 9.18 Å². The van der Waals surface area contributed by atoms with Crippen LogP contribution in [-0.4, -0.2) is 10.9 Å². The second-order valence-corrected chi connectivity index (χ2v) is 5.84. The lowest BCUT2D eigenvalue weighted by atomic mass is 10.2. The third-order valence-corrected chi connectivity index (χ3v) is 4.07. The molecule has 1 heterocycles. The van der Waals surface area contributed by atoms with E-state index in [1.807, 2.05) is 25.1 Å². The van der Waals surface area contributed by atoms with E-state index in [2.05, 4.69) is 15.6 Å². The van der Waals surface area contributed by atoms with Crippen molar-refractivity contribution in [3.63, 3.8) is 0 Å². The quantitative estimate of drug-likeness (QED) is 0.678. The number of carbonyl (C=O) groups excluding carboxylic acids is 1. The third-order valence-electron chi connectivity index (χ3n) is 3.66. The topological polar surface area (TPSA) is 54.0 Å². The molecule has 25 heavy (non-hydrogen) atoms. The Hall–Kier alpha value is -2.92. The minimum atomic E-state index is -0.388. The molecule has 0 radical (unpaired) electrons. The number of nitrogens with one attached hydrogen (secondary N) is 2. The maximum Gasteiger partial charge on any atom is 0.256 e. The molecule has 0 bridgehead atoms. The lowest BCUT2D eigenvalue weighted by Crippen LogP contribution is -2.12. The van der Waals surface area contributed by atoms with Crippen molar-refractivity contribution in [3.8, 4) is 0 Å². The lowest BCUT2D eigenvalue weighted by Gasteiger charge is -2.11. The van der Waals surface area contributed by atoms with Crippen molar-refractivity contribution in [3.05, 3.63) is 82.8 Å². The van der Waals surface area contributed by atoms with Crippen LogP contribution in [0.1, 0.15) is 15.9 Å². The van der Waals surface area contributed by atoms with Gasteiger partial charge in [0, 0.05) is 16.3 Å². The zero-order chi connectivity index (χ0) is 17.8. The molecule has 1 aromatic heterocycles. The maximum atomic E-state index is 12.9. The van der Waals surface area contributed by atoms with Crippen LogP contribution in [0.5, 0.6) is 0 Å². The number of benzene rings is 2. The molecular formula is C19H15ClFN3O. The van der Waals surface area contributed by atoms with Crippen LogP contribution < -0.4 is 10.6 Å². The van der Waals surface area contributed by atoms with Crippen molar-refractivity contribution in [2.75, 3.05) is 10.6 Å². The summed E-state index contributed by atoms with van der Waals surface area (Å²) in [6.45, 7) is 1.93. The molecule has 2 N–H and O–H groups in total. The van der Waals surface area contributed by atoms with Crippen molar-refractivity contribution in [2.24, 2.45) is 0 Å². The molecule has 0 atom stereocenters. The number of aromatic nitrogens is 1. The Morgan fingerprint density at radius 2 is 1.84 bits per heavy atom. The molecule has 2 aromatic carbocycles. The Labute approximate surface area is 149 Å². The largest absolute Gasteiger partial charge is 0.354 e. The molecule has 1 amide bonds. The highest BCUT2D eigenvalue weighted by Crippen LogP contribution is 2.26. The predicted molar refractivity (Wildman–Crippen MR) is 98.1 cm³/mol. The van der Waals surface area contributed by atoms with Crippen molar-refractivity contribution in [1.82, 2.24) is 4.98 Å². The fourth-order valence-electron chi connectivity index (χ4n) is 2.23. The monoisotopic (exact) mass is 355 g/mol. The van der Waals surface area contributed by atoms with Gasteiger partial charge in [0.2, 0.25) is 0 Å². The molecule has 0 saturated heterocycles. The van der Waals surface area contributed by atoms with Crippen LogP contribution in [0.25, 0.3) is 0 Å². The number of anilines is 3. The second-order valence-electron chi connectivity index (χ2n) is 5.43. The van der Waals surface area contributed by atoms with Gasteiger partial charge in [-0.1, -0.05) is 17.7 Å². The number of nitrogens with zero attached hydrogens (tertiary/aromatic N) is 1. The molecule has 0 fully saturated rings. The van der Waals surface area contributed by atoms with E-state index in [4.69, 9.17) is 11.6 Å². The Morgan fingerprint density at radius 3 is 2.52 bits per heavy atom. The van der Waals surface area contributed by atoms with Gasteiger partial charge in [-0.3, -0.25) is 4.79 Å². The zero-order valence-corrected chi connectivity index (χ0v) is 14.1. The zero-order valence-electron chi connectivity index (χ0n) is 13.4. The summed E-state index contributed by atoms with van der Waals surface area (Å²) in [4.78, 5) is 16.3. The first-order valence-corrected chi connectivity index (χ1v) is 7.96. The predicted octanol–water partition coefficient (Wildman–Crippen LogP) is 5.18. The van der Waals surface area contributed by atoms with Gasteiger partial charge in [0.05, 0.1) is 11.9 Å². The fourth-order valence-corrected chi connectivity index (χ4v) is 2.40. The van der Waals surface area contributed by atoms with Gasteiger partial charge in [-0.05, 0) is 61.0 Å². The maximum absolute atomic E-state index is 12.9. The summed E-state index contributed by atoms with van der Waals surface area (Å²) in [5, 5.41) is 6.58. The second kappa shape index (κ2) is 7.32. The molecule has 3 aromatic rings. The van der Waals surface area contributed by atoms with E-state index in [0.717, 1.165) is 16.9 Å². The van der Waals surface area contributed by atoms with E-state index < -0.39 is 0 Å². The van der Waals surface area contributed by atoms with Gasteiger partial charge in [-0.25, -0.2) is 9.37 Å². The van der Waals surface area contributed by atoms with E-state index in [1.54, 1.807) is 18.3 Å². The normalized spacial score (nSPS) is 10.4. The van der Waals surface area contributed by atoms with Gasteiger partial charge in [-0.15, -0.1) is 0 Å². The van der Waals surface area contributed by atoms with E-state index in [0.29, 0.717) is 16.4 Å². The van der Waals surface area contributed by atoms with Crippen LogP contribution in [0.2, 0.25) is 5.02 Å². The van der Waals surface area contributed by atoms with Crippen molar-refractivity contribution in [2.45, 2.75) is 6.92 Å². The number of hydrogen-bond acceptors (Lipinski definition) is 3. The number of rotatable bonds is 4. The van der Waals surface area contributed by atoms with Crippen LogP contribution >= 0.6 is 11.6 Å². The van der Waals surface area contributed by atoms with Crippen LogP contribution in [0.15, 0.2) is 60.8 Å². The highest BCUT2D eigenvalue weighted by molar-refractivity contribution is 6.31. The number of hydrogen-bond donors (Lipinski definition) is 2. The highest BCUT2D eigenvalue weighted by Gasteiger charge is 2.07. The molecule has 4 nitrogen and oxygen atoms in total. The number of amides is 1. The Kier molecular flexibility index (Phi) is 4.95. The standard InChI is InChI=1S/C19H15ClFN3O/c1-12-16(20)3-2-4-17(12)23-15-9-10-18(22-11-15)24-19(25)13-5-7-14(21)8-6-13/h2-11,23H,1H3,(H,22,24,25). The number of pyridine rings is 1. The molecule has 6 heteroatoms. The highest BCUT2D eigenvalue weighted by atomic mass is 35.5. The Bertz CT molecular complexity index is 896. The van der Waals surface area contributed by atoms with Gasteiger partial charge >= 0.3 is 0 Å². The Balaban J connectivity index is 1.69. The third kappa shape index (κ3) is 4.14. The molecule has 126 valence electrons. The van der Waals surface area contributed by atoms with Crippen LogP contribution in [-0.2, 0) is 0 Å². The first kappa shape index (κ1) is 16.9. The molecule has 0 unspecified atom stereocenters. The van der Waals surface area contributed by atoms with Gasteiger partial charge in [0.25, 0.3) is 5.91 Å². The van der Waals surface area contributed by atoms with E-state index >= 15 is 0 Å². The Morgan fingerprint density at radius 1 is 1.08 bits per heavy atom. The van der Waals surface area contributed by atoms with Gasteiger partial charge in [0.1, 0.15) is 11.6 Å². The van der Waals surface area contributed by atoms with Crippen LogP contribution in [0.3, 0.4) is 0 Å². The SMILES string of the molecule is Cc1c(Cl)cccc1Nc1ccc(NC(=O)c2ccc(F)cc2)nc1. The van der Waals surface area contributed by atoms with Gasteiger partial charge in [-0.2, -0.15) is 0 Å². The summed E-state index contributed by atoms with van der Waals surface area (Å²) in [6.07, 6.45) is 1.61. The molecular weight excluding hydrogens is 341 g/mol. The van der Waals surface area contributed by atoms with E-state index in [1.165, 1.54) is 24.3 Å². The summed E-state index contributed by atoms with van der Waals surface area (Å²) >= 11 is 6.10. The minimum Gasteiger partial charge on any atom is -0.354 e. The lowest BCUT2D eigenvalue weighted by molar-refractivity contribution is 0.102. The molecule has 0 aliphatic rings. The fraction of sp³-hybridized carbons (Fsp3) is 0.0526. The number of carbonyl (C=O) groups is 1. The summed E-state index contributed by atoms with van der Waals surface area (Å²) in [5.74, 6) is -0.331. The first-order chi connectivity index (χ1) is 12.0. The smallest absolute Gasteiger partial charge is 0.256 e. The van der Waals surface area contributed by atoms with Gasteiger partial charge in [0.15, 0.2) is 0 Å². The molecule has 0 spiro atoms. The average molecular weight is 356 g/mol. The van der Waals surface area contributed by atoms with Crippen LogP contribution in [0, 0.1) is 12.7 Å². The molecule has 0 aliphatic carbocycles. The van der Waals surface area contributed by atoms with E-state index in [9.17, 15) is 9.18 Å².